The Morgan fingerprint density at radius 3 is 2.57 bits per heavy atom. The van der Waals surface area contributed by atoms with Crippen LogP contribution in [-0.4, -0.2) is 23.3 Å². The lowest BCUT2D eigenvalue weighted by Crippen LogP contribution is -2.21. The van der Waals surface area contributed by atoms with Crippen molar-refractivity contribution in [2.24, 2.45) is 0 Å². The minimum Gasteiger partial charge on any atom is -0.508 e. The number of benzene rings is 2. The van der Waals surface area contributed by atoms with Crippen molar-refractivity contribution in [1.29, 1.82) is 0 Å². The number of hydrogen-bond acceptors (Lipinski definition) is 5. The van der Waals surface area contributed by atoms with Crippen LogP contribution in [0.25, 0.3) is 0 Å². The second kappa shape index (κ2) is 5.01. The number of phenols is 2. The SMILES string of the molecule is COc1ccc([C@H]2CC(=O)Oc3cc(O)cc(O)c32)cc1. The Morgan fingerprint density at radius 2 is 1.90 bits per heavy atom. The third kappa shape index (κ3) is 2.38. The molecule has 0 aromatic heterocycles. The molecule has 0 saturated heterocycles. The highest BCUT2D eigenvalue weighted by Gasteiger charge is 2.31. The van der Waals surface area contributed by atoms with Gasteiger partial charge in [0.05, 0.1) is 13.5 Å². The molecule has 108 valence electrons. The molecule has 1 aliphatic rings. The van der Waals surface area contributed by atoms with Gasteiger partial charge in [-0.05, 0) is 17.7 Å². The Bertz CT molecular complexity index is 691. The van der Waals surface area contributed by atoms with Crippen LogP contribution in [0, 0.1) is 0 Å². The van der Waals surface area contributed by atoms with E-state index in [-0.39, 0.29) is 29.6 Å². The van der Waals surface area contributed by atoms with E-state index in [2.05, 4.69) is 0 Å². The molecule has 0 bridgehead atoms. The highest BCUT2D eigenvalue weighted by atomic mass is 16.5. The van der Waals surface area contributed by atoms with Crippen LogP contribution in [0.5, 0.6) is 23.0 Å². The fourth-order valence-electron chi connectivity index (χ4n) is 2.59. The van der Waals surface area contributed by atoms with Crippen LogP contribution in [0.2, 0.25) is 0 Å². The van der Waals surface area contributed by atoms with Gasteiger partial charge in [0.25, 0.3) is 0 Å². The summed E-state index contributed by atoms with van der Waals surface area (Å²) in [4.78, 5) is 11.7. The van der Waals surface area contributed by atoms with Crippen molar-refractivity contribution in [2.45, 2.75) is 12.3 Å². The van der Waals surface area contributed by atoms with Gasteiger partial charge in [-0.15, -0.1) is 0 Å². The van der Waals surface area contributed by atoms with Gasteiger partial charge in [0, 0.05) is 23.6 Å². The lowest BCUT2D eigenvalue weighted by atomic mass is 9.85. The molecule has 1 aliphatic heterocycles. The smallest absolute Gasteiger partial charge is 0.312 e. The van der Waals surface area contributed by atoms with Gasteiger partial charge in [-0.2, -0.15) is 0 Å². The van der Waals surface area contributed by atoms with Gasteiger partial charge in [0.2, 0.25) is 0 Å². The molecule has 0 fully saturated rings. The minimum atomic E-state index is -0.395. The largest absolute Gasteiger partial charge is 0.508 e. The summed E-state index contributed by atoms with van der Waals surface area (Å²) in [6.45, 7) is 0. The lowest BCUT2D eigenvalue weighted by molar-refractivity contribution is -0.135. The molecule has 5 heteroatoms. The van der Waals surface area contributed by atoms with E-state index in [0.29, 0.717) is 11.3 Å². The molecule has 2 aromatic carbocycles. The Hall–Kier alpha value is -2.69. The molecule has 0 amide bonds. The molecule has 21 heavy (non-hydrogen) atoms. The topological polar surface area (TPSA) is 76.0 Å². The number of ether oxygens (including phenoxy) is 2. The molecule has 1 heterocycles. The van der Waals surface area contributed by atoms with Crippen molar-refractivity contribution in [3.8, 4) is 23.0 Å². The maximum atomic E-state index is 11.7. The van der Waals surface area contributed by atoms with E-state index in [9.17, 15) is 15.0 Å². The fourth-order valence-corrected chi connectivity index (χ4v) is 2.59. The molecule has 0 aliphatic carbocycles. The summed E-state index contributed by atoms with van der Waals surface area (Å²) in [6.07, 6.45) is 0.137. The summed E-state index contributed by atoms with van der Waals surface area (Å²) in [5.41, 5.74) is 1.38. The molecular weight excluding hydrogens is 272 g/mol. The first-order valence-corrected chi connectivity index (χ1v) is 6.49. The molecule has 3 rings (SSSR count). The zero-order valence-electron chi connectivity index (χ0n) is 11.4. The third-order valence-electron chi connectivity index (χ3n) is 3.57. The van der Waals surface area contributed by atoms with Crippen LogP contribution >= 0.6 is 0 Å². The van der Waals surface area contributed by atoms with Gasteiger partial charge >= 0.3 is 5.97 Å². The van der Waals surface area contributed by atoms with Crippen LogP contribution in [0.3, 0.4) is 0 Å². The first-order chi connectivity index (χ1) is 10.1. The van der Waals surface area contributed by atoms with E-state index < -0.39 is 5.97 Å². The molecule has 0 radical (unpaired) electrons. The fraction of sp³-hybridized carbons (Fsp3) is 0.188. The zero-order chi connectivity index (χ0) is 15.0. The Labute approximate surface area is 121 Å². The summed E-state index contributed by atoms with van der Waals surface area (Å²) in [5, 5.41) is 19.6. The van der Waals surface area contributed by atoms with Crippen molar-refractivity contribution < 1.29 is 24.5 Å². The van der Waals surface area contributed by atoms with Crippen molar-refractivity contribution in [2.75, 3.05) is 7.11 Å². The quantitative estimate of drug-likeness (QED) is 0.655. The van der Waals surface area contributed by atoms with Crippen LogP contribution in [-0.2, 0) is 4.79 Å². The molecule has 2 N–H and O–H groups in total. The van der Waals surface area contributed by atoms with Gasteiger partial charge in [0.15, 0.2) is 0 Å². The molecule has 0 saturated carbocycles. The summed E-state index contributed by atoms with van der Waals surface area (Å²) in [7, 11) is 1.58. The number of rotatable bonds is 2. The summed E-state index contributed by atoms with van der Waals surface area (Å²) >= 11 is 0. The second-order valence-electron chi connectivity index (χ2n) is 4.88. The molecular formula is C16H14O5. The maximum absolute atomic E-state index is 11.7. The van der Waals surface area contributed by atoms with E-state index >= 15 is 0 Å². The summed E-state index contributed by atoms with van der Waals surface area (Å²) in [6, 6.07) is 9.87. The van der Waals surface area contributed by atoms with Crippen LogP contribution in [0.15, 0.2) is 36.4 Å². The number of methoxy groups -OCH3 is 1. The Balaban J connectivity index is 2.09. The number of hydrogen-bond donors (Lipinski definition) is 2. The molecule has 5 nitrogen and oxygen atoms in total. The molecule has 0 unspecified atom stereocenters. The summed E-state index contributed by atoms with van der Waals surface area (Å²) < 4.78 is 10.2. The highest BCUT2D eigenvalue weighted by molar-refractivity contribution is 5.79. The number of phenolic OH excluding ortho intramolecular Hbond substituents is 2. The standard InChI is InChI=1S/C16H14O5/c1-20-11-4-2-9(3-5-11)12-8-15(19)21-14-7-10(17)6-13(18)16(12)14/h2-7,12,17-18H,8H2,1H3/t12-/m1/s1. The first-order valence-electron chi connectivity index (χ1n) is 6.49. The van der Waals surface area contributed by atoms with Crippen molar-refractivity contribution in [3.05, 3.63) is 47.5 Å². The number of carbonyl (C=O) groups excluding carboxylic acids is 1. The normalized spacial score (nSPS) is 17.0. The van der Waals surface area contributed by atoms with E-state index in [1.54, 1.807) is 19.2 Å². The third-order valence-corrected chi connectivity index (χ3v) is 3.57. The maximum Gasteiger partial charge on any atom is 0.312 e. The average molecular weight is 286 g/mol. The van der Waals surface area contributed by atoms with Crippen LogP contribution < -0.4 is 9.47 Å². The Morgan fingerprint density at radius 1 is 1.19 bits per heavy atom. The predicted octanol–water partition coefficient (Wildman–Crippen LogP) is 2.55. The molecule has 2 aromatic rings. The van der Waals surface area contributed by atoms with E-state index in [4.69, 9.17) is 9.47 Å². The minimum absolute atomic E-state index is 0.0849. The van der Waals surface area contributed by atoms with Crippen LogP contribution in [0.4, 0.5) is 0 Å². The van der Waals surface area contributed by atoms with E-state index in [0.717, 1.165) is 5.56 Å². The van der Waals surface area contributed by atoms with Gasteiger partial charge < -0.3 is 19.7 Å². The lowest BCUT2D eigenvalue weighted by Gasteiger charge is -2.25. The predicted molar refractivity (Wildman–Crippen MR) is 74.9 cm³/mol. The number of esters is 1. The molecule has 0 spiro atoms. The average Bonchev–Trinajstić information content (AvgIpc) is 2.45. The number of fused-ring (bicyclic) bond motifs is 1. The molecule has 1 atom stereocenters. The van der Waals surface area contributed by atoms with Crippen molar-refractivity contribution in [3.63, 3.8) is 0 Å². The van der Waals surface area contributed by atoms with Crippen molar-refractivity contribution in [1.82, 2.24) is 0 Å². The number of carbonyl (C=O) groups is 1. The van der Waals surface area contributed by atoms with Gasteiger partial charge in [-0.3, -0.25) is 4.79 Å². The van der Waals surface area contributed by atoms with Crippen LogP contribution in [0.1, 0.15) is 23.5 Å². The summed E-state index contributed by atoms with van der Waals surface area (Å²) in [5.74, 6) is -0.0225. The van der Waals surface area contributed by atoms with Gasteiger partial charge in [0.1, 0.15) is 23.0 Å². The van der Waals surface area contributed by atoms with E-state index in [1.807, 2.05) is 12.1 Å². The number of aromatic hydroxyl groups is 2. The van der Waals surface area contributed by atoms with Crippen molar-refractivity contribution >= 4 is 5.97 Å². The zero-order valence-corrected chi connectivity index (χ0v) is 11.4. The van der Waals surface area contributed by atoms with Gasteiger partial charge in [-0.1, -0.05) is 12.1 Å². The Kier molecular flexibility index (Phi) is 3.17. The van der Waals surface area contributed by atoms with Gasteiger partial charge in [-0.25, -0.2) is 0 Å². The second-order valence-corrected chi connectivity index (χ2v) is 4.88. The first kappa shape index (κ1) is 13.3. The van der Waals surface area contributed by atoms with E-state index in [1.165, 1.54) is 12.1 Å². The highest BCUT2D eigenvalue weighted by Crippen LogP contribution is 2.45. The monoisotopic (exact) mass is 286 g/mol.